The first-order chi connectivity index (χ1) is 12.5. The second-order valence-corrected chi connectivity index (χ2v) is 7.06. The second kappa shape index (κ2) is 8.41. The van der Waals surface area contributed by atoms with Crippen molar-refractivity contribution in [1.29, 1.82) is 0 Å². The van der Waals surface area contributed by atoms with Gasteiger partial charge < -0.3 is 5.32 Å². The summed E-state index contributed by atoms with van der Waals surface area (Å²) in [4.78, 5) is 14.6. The molecule has 1 amide bonds. The maximum Gasteiger partial charge on any atom is 0.254 e. The van der Waals surface area contributed by atoms with Crippen molar-refractivity contribution < 1.29 is 13.6 Å². The molecule has 1 aliphatic heterocycles. The molecule has 0 spiro atoms. The lowest BCUT2D eigenvalue weighted by molar-refractivity contribution is 0.0946. The number of benzene rings is 2. The van der Waals surface area contributed by atoms with Crippen molar-refractivity contribution in [1.82, 2.24) is 10.2 Å². The fourth-order valence-corrected chi connectivity index (χ4v) is 3.50. The summed E-state index contributed by atoms with van der Waals surface area (Å²) in [6.45, 7) is 5.61. The first-order valence-corrected chi connectivity index (χ1v) is 9.05. The number of hydrogen-bond acceptors (Lipinski definition) is 2. The van der Waals surface area contributed by atoms with Crippen LogP contribution in [0.1, 0.15) is 41.3 Å². The van der Waals surface area contributed by atoms with Crippen LogP contribution in [0.2, 0.25) is 0 Å². The van der Waals surface area contributed by atoms with Crippen molar-refractivity contribution in [3.8, 4) is 0 Å². The maximum absolute atomic E-state index is 13.7. The average molecular weight is 358 g/mol. The predicted octanol–water partition coefficient (Wildman–Crippen LogP) is 4.13. The number of hydrogen-bond donors (Lipinski definition) is 1. The van der Waals surface area contributed by atoms with Crippen molar-refractivity contribution in [2.75, 3.05) is 13.1 Å². The quantitative estimate of drug-likeness (QED) is 0.872. The Hall–Kier alpha value is -2.27. The van der Waals surface area contributed by atoms with E-state index in [1.165, 1.54) is 24.5 Å². The van der Waals surface area contributed by atoms with E-state index in [1.54, 1.807) is 0 Å². The molecule has 0 bridgehead atoms. The van der Waals surface area contributed by atoms with Crippen LogP contribution < -0.4 is 5.32 Å². The van der Waals surface area contributed by atoms with E-state index >= 15 is 0 Å². The lowest BCUT2D eigenvalue weighted by Crippen LogP contribution is -2.34. The molecule has 2 aromatic rings. The van der Waals surface area contributed by atoms with Gasteiger partial charge in [0.05, 0.1) is 5.56 Å². The number of carbonyl (C=O) groups excluding carboxylic acids is 1. The number of carbonyl (C=O) groups is 1. The van der Waals surface area contributed by atoms with Crippen molar-refractivity contribution in [3.05, 3.63) is 70.8 Å². The van der Waals surface area contributed by atoms with Crippen LogP contribution in [0.3, 0.4) is 0 Å². The number of amides is 1. The molecule has 0 saturated carbocycles. The Bertz CT molecular complexity index is 778. The van der Waals surface area contributed by atoms with Crippen LogP contribution >= 0.6 is 0 Å². The molecule has 3 nitrogen and oxygen atoms in total. The van der Waals surface area contributed by atoms with Crippen LogP contribution in [-0.2, 0) is 13.1 Å². The van der Waals surface area contributed by atoms with Gasteiger partial charge in [-0.3, -0.25) is 9.69 Å². The summed E-state index contributed by atoms with van der Waals surface area (Å²) in [5.74, 6) is -1.38. The van der Waals surface area contributed by atoms with E-state index in [2.05, 4.69) is 23.2 Å². The molecule has 0 radical (unpaired) electrons. The number of piperidine rings is 1. The number of halogens is 2. The van der Waals surface area contributed by atoms with Crippen molar-refractivity contribution in [2.45, 2.75) is 32.9 Å². The molecule has 1 N–H and O–H groups in total. The second-order valence-electron chi connectivity index (χ2n) is 7.06. The highest BCUT2D eigenvalue weighted by Crippen LogP contribution is 2.19. The molecular weight excluding hydrogens is 334 g/mol. The minimum Gasteiger partial charge on any atom is -0.348 e. The first kappa shape index (κ1) is 18.5. The van der Waals surface area contributed by atoms with E-state index in [9.17, 15) is 13.6 Å². The zero-order valence-electron chi connectivity index (χ0n) is 15.0. The van der Waals surface area contributed by atoms with Crippen molar-refractivity contribution in [2.24, 2.45) is 5.92 Å². The van der Waals surface area contributed by atoms with Gasteiger partial charge in [0.15, 0.2) is 0 Å². The Labute approximate surface area is 153 Å². The molecule has 5 heteroatoms. The predicted molar refractivity (Wildman–Crippen MR) is 97.6 cm³/mol. The van der Waals surface area contributed by atoms with Gasteiger partial charge >= 0.3 is 0 Å². The monoisotopic (exact) mass is 358 g/mol. The molecule has 1 unspecified atom stereocenters. The zero-order valence-corrected chi connectivity index (χ0v) is 15.0. The molecule has 2 aromatic carbocycles. The van der Waals surface area contributed by atoms with E-state index in [4.69, 9.17) is 0 Å². The average Bonchev–Trinajstić information content (AvgIpc) is 2.61. The van der Waals surface area contributed by atoms with Gasteiger partial charge in [-0.25, -0.2) is 8.78 Å². The van der Waals surface area contributed by atoms with Gasteiger partial charge in [0.25, 0.3) is 5.91 Å². The Morgan fingerprint density at radius 1 is 1.19 bits per heavy atom. The minimum atomic E-state index is -0.849. The number of likely N-dealkylation sites (tertiary alicyclic amines) is 1. The van der Waals surface area contributed by atoms with Crippen LogP contribution in [0.25, 0.3) is 0 Å². The summed E-state index contributed by atoms with van der Waals surface area (Å²) in [6, 6.07) is 10.9. The first-order valence-electron chi connectivity index (χ1n) is 9.05. The molecule has 1 saturated heterocycles. The number of rotatable bonds is 5. The molecule has 3 rings (SSSR count). The topological polar surface area (TPSA) is 32.3 Å². The standard InChI is InChI=1S/C21H24F2N2O/c1-15-5-4-10-25(13-15)14-17-7-3-2-6-16(17)12-24-21(26)19-9-8-18(22)11-20(19)23/h2-3,6-9,11,15H,4-5,10,12-14H2,1H3,(H,24,26). The fraction of sp³-hybridized carbons (Fsp3) is 0.381. The Morgan fingerprint density at radius 2 is 1.96 bits per heavy atom. The molecule has 1 heterocycles. The molecule has 26 heavy (non-hydrogen) atoms. The summed E-state index contributed by atoms with van der Waals surface area (Å²) in [6.07, 6.45) is 2.49. The zero-order chi connectivity index (χ0) is 18.5. The van der Waals surface area contributed by atoms with E-state index < -0.39 is 17.5 Å². The summed E-state index contributed by atoms with van der Waals surface area (Å²) in [5.41, 5.74) is 2.04. The Balaban J connectivity index is 1.65. The highest BCUT2D eigenvalue weighted by Gasteiger charge is 2.18. The molecule has 1 fully saturated rings. The molecule has 1 atom stereocenters. The number of nitrogens with zero attached hydrogens (tertiary/aromatic N) is 1. The van der Waals surface area contributed by atoms with Crippen LogP contribution in [0.15, 0.2) is 42.5 Å². The van der Waals surface area contributed by atoms with Crippen molar-refractivity contribution >= 4 is 5.91 Å². The summed E-state index contributed by atoms with van der Waals surface area (Å²) < 4.78 is 26.7. The SMILES string of the molecule is CC1CCCN(Cc2ccccc2CNC(=O)c2ccc(F)cc2F)C1. The van der Waals surface area contributed by atoms with E-state index in [0.717, 1.165) is 37.3 Å². The highest BCUT2D eigenvalue weighted by molar-refractivity contribution is 5.94. The minimum absolute atomic E-state index is 0.145. The summed E-state index contributed by atoms with van der Waals surface area (Å²) >= 11 is 0. The van der Waals surface area contributed by atoms with E-state index in [1.807, 2.05) is 18.2 Å². The third-order valence-corrected chi connectivity index (χ3v) is 4.87. The number of nitrogens with one attached hydrogen (secondary N) is 1. The molecular formula is C21H24F2N2O. The highest BCUT2D eigenvalue weighted by atomic mass is 19.1. The van der Waals surface area contributed by atoms with Gasteiger partial charge in [-0.15, -0.1) is 0 Å². The van der Waals surface area contributed by atoms with Crippen LogP contribution in [0, 0.1) is 17.6 Å². The molecule has 0 aliphatic carbocycles. The summed E-state index contributed by atoms with van der Waals surface area (Å²) in [5, 5.41) is 2.74. The van der Waals surface area contributed by atoms with Crippen molar-refractivity contribution in [3.63, 3.8) is 0 Å². The normalized spacial score (nSPS) is 17.9. The smallest absolute Gasteiger partial charge is 0.254 e. The Morgan fingerprint density at radius 3 is 2.69 bits per heavy atom. The van der Waals surface area contributed by atoms with Crippen LogP contribution in [-0.4, -0.2) is 23.9 Å². The van der Waals surface area contributed by atoms with Gasteiger partial charge in [-0.05, 0) is 48.6 Å². The van der Waals surface area contributed by atoms with E-state index in [-0.39, 0.29) is 5.56 Å². The van der Waals surface area contributed by atoms with Gasteiger partial charge in [0.1, 0.15) is 11.6 Å². The molecule has 138 valence electrons. The fourth-order valence-electron chi connectivity index (χ4n) is 3.50. The summed E-state index contributed by atoms with van der Waals surface area (Å²) in [7, 11) is 0. The Kier molecular flexibility index (Phi) is 5.99. The molecule has 0 aromatic heterocycles. The third kappa shape index (κ3) is 4.67. The van der Waals surface area contributed by atoms with Crippen LogP contribution in [0.5, 0.6) is 0 Å². The lowest BCUT2D eigenvalue weighted by atomic mass is 9.99. The van der Waals surface area contributed by atoms with Gasteiger partial charge in [0.2, 0.25) is 0 Å². The maximum atomic E-state index is 13.7. The van der Waals surface area contributed by atoms with Crippen LogP contribution in [0.4, 0.5) is 8.78 Å². The third-order valence-electron chi connectivity index (χ3n) is 4.87. The van der Waals surface area contributed by atoms with E-state index in [0.29, 0.717) is 12.5 Å². The molecule has 1 aliphatic rings. The largest absolute Gasteiger partial charge is 0.348 e. The lowest BCUT2D eigenvalue weighted by Gasteiger charge is -2.31. The van der Waals surface area contributed by atoms with Gasteiger partial charge in [0, 0.05) is 25.7 Å². The van der Waals surface area contributed by atoms with Gasteiger partial charge in [-0.1, -0.05) is 31.2 Å². The van der Waals surface area contributed by atoms with Gasteiger partial charge in [-0.2, -0.15) is 0 Å².